The maximum Gasteiger partial charge on any atom is 0.312 e. The molecule has 0 saturated carbocycles. The van der Waals surface area contributed by atoms with Crippen LogP contribution in [0.15, 0.2) is 42.5 Å². The van der Waals surface area contributed by atoms with Gasteiger partial charge < -0.3 is 14.6 Å². The second kappa shape index (κ2) is 9.51. The Labute approximate surface area is 177 Å². The van der Waals surface area contributed by atoms with Crippen LogP contribution in [0.5, 0.6) is 11.5 Å². The van der Waals surface area contributed by atoms with Crippen LogP contribution in [0.1, 0.15) is 30.9 Å². The van der Waals surface area contributed by atoms with E-state index in [2.05, 4.69) is 4.90 Å². The topological polar surface area (TPSA) is 59.0 Å². The zero-order valence-electron chi connectivity index (χ0n) is 17.0. The molecule has 5 nitrogen and oxygen atoms in total. The summed E-state index contributed by atoms with van der Waals surface area (Å²) in [6.45, 7) is 4.27. The number of rotatable bonds is 7. The summed E-state index contributed by atoms with van der Waals surface area (Å²) in [6, 6.07) is 13.0. The van der Waals surface area contributed by atoms with Crippen molar-refractivity contribution in [3.63, 3.8) is 0 Å². The molecule has 1 aliphatic heterocycles. The molecule has 0 atom stereocenters. The van der Waals surface area contributed by atoms with Crippen LogP contribution in [0.25, 0.3) is 0 Å². The minimum Gasteiger partial charge on any atom is -0.507 e. The molecule has 2 aromatic carbocycles. The van der Waals surface area contributed by atoms with Gasteiger partial charge >= 0.3 is 5.97 Å². The molecule has 0 aromatic heterocycles. The van der Waals surface area contributed by atoms with Crippen molar-refractivity contribution in [1.82, 2.24) is 4.90 Å². The highest BCUT2D eigenvalue weighted by atomic mass is 35.5. The summed E-state index contributed by atoms with van der Waals surface area (Å²) in [5.41, 5.74) is 1.32. The summed E-state index contributed by atoms with van der Waals surface area (Å²) >= 11 is 6.01. The molecule has 0 spiro atoms. The van der Waals surface area contributed by atoms with E-state index >= 15 is 0 Å². The van der Waals surface area contributed by atoms with Gasteiger partial charge in [-0.15, -0.1) is 0 Å². The van der Waals surface area contributed by atoms with Gasteiger partial charge in [-0.3, -0.25) is 9.69 Å². The van der Waals surface area contributed by atoms with Gasteiger partial charge in [-0.25, -0.2) is 0 Å². The van der Waals surface area contributed by atoms with Gasteiger partial charge in [0.2, 0.25) is 0 Å². The highest BCUT2D eigenvalue weighted by molar-refractivity contribution is 6.30. The van der Waals surface area contributed by atoms with E-state index in [4.69, 9.17) is 21.1 Å². The van der Waals surface area contributed by atoms with E-state index in [1.54, 1.807) is 19.2 Å². The van der Waals surface area contributed by atoms with Gasteiger partial charge in [0.15, 0.2) is 0 Å². The summed E-state index contributed by atoms with van der Waals surface area (Å²) in [4.78, 5) is 15.1. The molecule has 6 heteroatoms. The van der Waals surface area contributed by atoms with Crippen LogP contribution in [0, 0.1) is 5.41 Å². The Morgan fingerprint density at radius 2 is 1.86 bits per heavy atom. The fourth-order valence-corrected chi connectivity index (χ4v) is 4.12. The quantitative estimate of drug-likeness (QED) is 0.675. The number of hydrogen-bond acceptors (Lipinski definition) is 5. The number of nitrogens with zero attached hydrogens (tertiary/aromatic N) is 1. The number of carbonyl (C=O) groups is 1. The zero-order valence-corrected chi connectivity index (χ0v) is 17.7. The lowest BCUT2D eigenvalue weighted by Crippen LogP contribution is -2.46. The van der Waals surface area contributed by atoms with E-state index in [1.807, 2.05) is 37.3 Å². The number of halogens is 1. The highest BCUT2D eigenvalue weighted by Gasteiger charge is 2.42. The number of hydrogen-bond donors (Lipinski definition) is 1. The first-order chi connectivity index (χ1) is 14.0. The molecule has 1 saturated heterocycles. The second-order valence-corrected chi connectivity index (χ2v) is 7.97. The molecule has 0 aliphatic carbocycles. The lowest BCUT2D eigenvalue weighted by atomic mass is 9.73. The van der Waals surface area contributed by atoms with Crippen molar-refractivity contribution < 1.29 is 19.4 Å². The van der Waals surface area contributed by atoms with Gasteiger partial charge in [0.1, 0.15) is 11.5 Å². The molecule has 1 heterocycles. The van der Waals surface area contributed by atoms with E-state index in [0.29, 0.717) is 43.2 Å². The van der Waals surface area contributed by atoms with Crippen LogP contribution < -0.4 is 4.74 Å². The molecule has 156 valence electrons. The number of phenolic OH excluding ortho intramolecular Hbond substituents is 1. The van der Waals surface area contributed by atoms with Gasteiger partial charge in [-0.2, -0.15) is 0 Å². The van der Waals surface area contributed by atoms with E-state index in [-0.39, 0.29) is 11.7 Å². The SMILES string of the molecule is CCOC(=O)C1(Cc2ccc(Cl)cc2)CCN(Cc2c(O)cccc2OC)CC1. The van der Waals surface area contributed by atoms with E-state index in [9.17, 15) is 9.90 Å². The second-order valence-electron chi connectivity index (χ2n) is 7.54. The third-order valence-corrected chi connectivity index (χ3v) is 5.94. The lowest BCUT2D eigenvalue weighted by Gasteiger charge is -2.40. The Bertz CT molecular complexity index is 829. The van der Waals surface area contributed by atoms with E-state index in [1.165, 1.54) is 0 Å². The maximum atomic E-state index is 12.9. The lowest BCUT2D eigenvalue weighted by molar-refractivity contribution is -0.158. The number of likely N-dealkylation sites (tertiary alicyclic amines) is 1. The van der Waals surface area contributed by atoms with Gasteiger partial charge in [0.05, 0.1) is 19.1 Å². The molecular weight excluding hydrogens is 390 g/mol. The van der Waals surface area contributed by atoms with Crippen LogP contribution in [0.4, 0.5) is 0 Å². The average molecular weight is 418 g/mol. The maximum absolute atomic E-state index is 12.9. The number of esters is 1. The number of piperidine rings is 1. The van der Waals surface area contributed by atoms with Crippen molar-refractivity contribution in [3.05, 3.63) is 58.6 Å². The highest BCUT2D eigenvalue weighted by Crippen LogP contribution is 2.38. The molecule has 2 aromatic rings. The standard InChI is InChI=1S/C23H28ClNO4/c1-3-29-22(27)23(15-17-7-9-18(24)10-8-17)11-13-25(14-12-23)16-19-20(26)5-4-6-21(19)28-2/h4-10,26H,3,11-16H2,1-2H3. The summed E-state index contributed by atoms with van der Waals surface area (Å²) in [6.07, 6.45) is 2.03. The first kappa shape index (κ1) is 21.5. The van der Waals surface area contributed by atoms with Crippen molar-refractivity contribution in [2.45, 2.75) is 32.7 Å². The van der Waals surface area contributed by atoms with Crippen molar-refractivity contribution in [1.29, 1.82) is 0 Å². The Balaban J connectivity index is 1.74. The smallest absolute Gasteiger partial charge is 0.312 e. The molecule has 0 unspecified atom stereocenters. The van der Waals surface area contributed by atoms with E-state index in [0.717, 1.165) is 24.2 Å². The Morgan fingerprint density at radius 1 is 1.17 bits per heavy atom. The first-order valence-electron chi connectivity index (χ1n) is 9.96. The normalized spacial score (nSPS) is 16.4. The van der Waals surface area contributed by atoms with Crippen LogP contribution >= 0.6 is 11.6 Å². The van der Waals surface area contributed by atoms with Gasteiger partial charge in [0, 0.05) is 17.1 Å². The van der Waals surface area contributed by atoms with Crippen LogP contribution in [-0.2, 0) is 22.5 Å². The largest absolute Gasteiger partial charge is 0.507 e. The van der Waals surface area contributed by atoms with Gasteiger partial charge in [-0.1, -0.05) is 29.8 Å². The van der Waals surface area contributed by atoms with Crippen molar-refractivity contribution >= 4 is 17.6 Å². The number of methoxy groups -OCH3 is 1. The molecule has 1 fully saturated rings. The third-order valence-electron chi connectivity index (χ3n) is 5.69. The summed E-state index contributed by atoms with van der Waals surface area (Å²) < 4.78 is 10.8. The number of benzene rings is 2. The van der Waals surface area contributed by atoms with Crippen LogP contribution in [0.2, 0.25) is 5.02 Å². The predicted octanol–water partition coefficient (Wildman–Crippen LogP) is 4.44. The predicted molar refractivity (Wildman–Crippen MR) is 113 cm³/mol. The molecular formula is C23H28ClNO4. The monoisotopic (exact) mass is 417 g/mol. The average Bonchev–Trinajstić information content (AvgIpc) is 2.73. The number of aromatic hydroxyl groups is 1. The molecule has 0 amide bonds. The van der Waals surface area contributed by atoms with Crippen molar-refractivity contribution in [3.8, 4) is 11.5 Å². The Kier molecular flexibility index (Phi) is 7.04. The van der Waals surface area contributed by atoms with E-state index < -0.39 is 5.41 Å². The molecule has 1 N–H and O–H groups in total. The summed E-state index contributed by atoms with van der Waals surface area (Å²) in [5, 5.41) is 10.9. The van der Waals surface area contributed by atoms with Gasteiger partial charge in [-0.05, 0) is 69.1 Å². The molecule has 0 radical (unpaired) electrons. The number of ether oxygens (including phenoxy) is 2. The molecule has 1 aliphatic rings. The summed E-state index contributed by atoms with van der Waals surface area (Å²) in [7, 11) is 1.60. The number of carbonyl (C=O) groups excluding carboxylic acids is 1. The molecule has 3 rings (SSSR count). The van der Waals surface area contributed by atoms with Crippen LogP contribution in [-0.4, -0.2) is 42.8 Å². The fourth-order valence-electron chi connectivity index (χ4n) is 4.00. The minimum absolute atomic E-state index is 0.130. The fraction of sp³-hybridized carbons (Fsp3) is 0.435. The minimum atomic E-state index is -0.539. The molecule has 29 heavy (non-hydrogen) atoms. The molecule has 0 bridgehead atoms. The Hall–Kier alpha value is -2.24. The number of phenols is 1. The van der Waals surface area contributed by atoms with Crippen LogP contribution in [0.3, 0.4) is 0 Å². The summed E-state index contributed by atoms with van der Waals surface area (Å²) in [5.74, 6) is 0.774. The van der Waals surface area contributed by atoms with Gasteiger partial charge in [0.25, 0.3) is 0 Å². The zero-order chi connectivity index (χ0) is 20.9. The third kappa shape index (κ3) is 5.03. The Morgan fingerprint density at radius 3 is 2.48 bits per heavy atom. The van der Waals surface area contributed by atoms with Crippen molar-refractivity contribution in [2.75, 3.05) is 26.8 Å². The van der Waals surface area contributed by atoms with Crippen molar-refractivity contribution in [2.24, 2.45) is 5.41 Å². The first-order valence-corrected chi connectivity index (χ1v) is 10.3.